The van der Waals surface area contributed by atoms with Crippen LogP contribution in [0.4, 0.5) is 52.7 Å². The second-order valence-corrected chi connectivity index (χ2v) is 27.1. The van der Waals surface area contributed by atoms with Gasteiger partial charge in [0.05, 0.1) is 0 Å². The first kappa shape index (κ1) is 69.2. The van der Waals surface area contributed by atoms with Gasteiger partial charge in [-0.1, -0.05) is 121 Å². The average molecular weight is 1170 g/mol. The Bertz CT molecular complexity index is 2980. The zero-order valence-corrected chi connectivity index (χ0v) is 49.9. The highest BCUT2D eigenvalue weighted by molar-refractivity contribution is 6.74. The highest BCUT2D eigenvalue weighted by Gasteiger charge is 2.73. The number of ether oxygens (including phenoxy) is 2. The molecule has 19 heteroatoms. The topological polar surface area (TPSA) is 82.1 Å². The number of carbonyl (C=O) groups is 2. The van der Waals surface area contributed by atoms with Crippen LogP contribution in [-0.2, 0) is 29.9 Å². The number of hydrogen-bond donors (Lipinski definition) is 1. The van der Waals surface area contributed by atoms with Crippen molar-refractivity contribution in [3.8, 4) is 35.2 Å². The predicted octanol–water partition coefficient (Wildman–Crippen LogP) is 17.7. The maximum atomic E-state index is 13.7. The van der Waals surface area contributed by atoms with E-state index in [2.05, 4.69) is 81.2 Å². The summed E-state index contributed by atoms with van der Waals surface area (Å²) in [6.07, 6.45) is -25.8. The molecule has 0 spiro atoms. The van der Waals surface area contributed by atoms with Crippen LogP contribution in [0, 0.1) is 62.2 Å². The second-order valence-electron chi connectivity index (χ2n) is 22.4. The molecule has 0 aliphatic carbocycles. The molecule has 0 aliphatic rings. The molecular formula is C62H74F12O6Si. The molecule has 0 radical (unpaired) electrons. The average Bonchev–Trinajstić information content (AvgIpc) is 3.33. The van der Waals surface area contributed by atoms with Crippen LogP contribution in [0.15, 0.2) is 72.8 Å². The molecule has 81 heavy (non-hydrogen) atoms. The number of carbonyl (C=O) groups excluding carboxylic acids is 2. The molecule has 4 aromatic rings. The zero-order valence-electron chi connectivity index (χ0n) is 48.9. The summed E-state index contributed by atoms with van der Waals surface area (Å²) in [5.41, 5.74) is -2.52. The lowest BCUT2D eigenvalue weighted by molar-refractivity contribution is -0.353. The van der Waals surface area contributed by atoms with Crippen molar-refractivity contribution in [2.75, 3.05) is 0 Å². The molecule has 0 bridgehead atoms. The molecule has 0 fully saturated rings. The summed E-state index contributed by atoms with van der Waals surface area (Å²) in [5, 5.41) is 9.97. The molecule has 2 unspecified atom stereocenters. The third kappa shape index (κ3) is 14.6. The molecule has 2 atom stereocenters. The number of rotatable bonds is 14. The van der Waals surface area contributed by atoms with Crippen molar-refractivity contribution in [3.05, 3.63) is 128 Å². The molecule has 0 aromatic heterocycles. The molecule has 6 nitrogen and oxygen atoms in total. The quantitative estimate of drug-likeness (QED) is 0.0586. The van der Waals surface area contributed by atoms with E-state index < -0.39 is 78.8 Å². The summed E-state index contributed by atoms with van der Waals surface area (Å²) >= 11 is 0. The lowest BCUT2D eigenvalue weighted by atomic mass is 9.70. The van der Waals surface area contributed by atoms with Gasteiger partial charge in [-0.3, -0.25) is 9.59 Å². The van der Waals surface area contributed by atoms with E-state index in [1.165, 1.54) is 6.07 Å². The van der Waals surface area contributed by atoms with Crippen molar-refractivity contribution in [2.45, 2.75) is 195 Å². The Morgan fingerprint density at radius 2 is 0.790 bits per heavy atom. The zero-order chi connectivity index (χ0) is 62.5. The minimum atomic E-state index is -5.77. The van der Waals surface area contributed by atoms with Crippen LogP contribution < -0.4 is 4.43 Å². The standard InChI is InChI=1S/C34H44F6O3Si.C28H30F6O3/c1-12-32(13-2,27-17-18-28(23(4)21-27)43-44(10,11)30(6,7)8)26-16-14-25(22(3)20-26)15-19-29(42-24(5)41)31(9,33(35,36)37)34(38,39)40;1-7-26(8-2,22-12-13-23(36)18(4)16-22)21-11-9-20(17(3)15-21)10-14-24(37-19(5)35)25(6,27(29,30)31)28(32,33)34/h14,16-18,20-21,29H,12-13H2,1-11H3;9,11-13,15-16,24,36H,7-8H2,1-6H3. The van der Waals surface area contributed by atoms with Gasteiger partial charge in [-0.15, -0.1) is 0 Å². The van der Waals surface area contributed by atoms with Crippen molar-refractivity contribution >= 4 is 20.3 Å². The van der Waals surface area contributed by atoms with Gasteiger partial charge in [0.1, 0.15) is 11.5 Å². The Labute approximate surface area is 469 Å². The summed E-state index contributed by atoms with van der Waals surface area (Å²) < 4.78 is 179. The summed E-state index contributed by atoms with van der Waals surface area (Å²) in [5.74, 6) is 7.12. The van der Waals surface area contributed by atoms with Crippen molar-refractivity contribution in [1.29, 1.82) is 0 Å². The Morgan fingerprint density at radius 1 is 0.494 bits per heavy atom. The number of benzene rings is 4. The lowest BCUT2D eigenvalue weighted by Crippen LogP contribution is -2.56. The van der Waals surface area contributed by atoms with Gasteiger partial charge in [-0.2, -0.15) is 52.7 Å². The van der Waals surface area contributed by atoms with Gasteiger partial charge in [-0.25, -0.2) is 0 Å². The molecular weight excluding hydrogens is 1100 g/mol. The van der Waals surface area contributed by atoms with Crippen molar-refractivity contribution in [3.63, 3.8) is 0 Å². The Morgan fingerprint density at radius 3 is 1.05 bits per heavy atom. The summed E-state index contributed by atoms with van der Waals surface area (Å²) in [6.45, 7) is 27.6. The number of aromatic hydroxyl groups is 1. The third-order valence-electron chi connectivity index (χ3n) is 16.3. The first-order valence-electron chi connectivity index (χ1n) is 26.3. The molecule has 0 aliphatic heterocycles. The smallest absolute Gasteiger partial charge is 0.407 e. The van der Waals surface area contributed by atoms with Gasteiger partial charge < -0.3 is 19.0 Å². The fraction of sp³-hybridized carbons (Fsp3) is 0.516. The monoisotopic (exact) mass is 1170 g/mol. The minimum absolute atomic E-state index is 0.0349. The fourth-order valence-corrected chi connectivity index (χ4v) is 10.3. The van der Waals surface area contributed by atoms with Gasteiger partial charge in [0.25, 0.3) is 0 Å². The largest absolute Gasteiger partial charge is 0.543 e. The maximum Gasteiger partial charge on any atom is 0.407 e. The molecule has 0 heterocycles. The van der Waals surface area contributed by atoms with E-state index in [-0.39, 0.29) is 35.8 Å². The van der Waals surface area contributed by atoms with E-state index in [1.54, 1.807) is 51.1 Å². The van der Waals surface area contributed by atoms with Crippen LogP contribution in [0.25, 0.3) is 0 Å². The van der Waals surface area contributed by atoms with Gasteiger partial charge in [-0.05, 0) is 154 Å². The summed E-state index contributed by atoms with van der Waals surface area (Å²) in [4.78, 5) is 22.9. The fourth-order valence-electron chi connectivity index (χ4n) is 9.23. The van der Waals surface area contributed by atoms with Crippen LogP contribution in [0.2, 0.25) is 18.1 Å². The predicted molar refractivity (Wildman–Crippen MR) is 292 cm³/mol. The van der Waals surface area contributed by atoms with Crippen molar-refractivity contribution in [1.82, 2.24) is 0 Å². The number of alkyl halides is 12. The Kier molecular flexibility index (Phi) is 21.5. The van der Waals surface area contributed by atoms with Crippen molar-refractivity contribution in [2.24, 2.45) is 10.8 Å². The van der Waals surface area contributed by atoms with Gasteiger partial charge in [0, 0.05) is 35.8 Å². The van der Waals surface area contributed by atoms with Gasteiger partial charge >= 0.3 is 36.6 Å². The van der Waals surface area contributed by atoms with Gasteiger partial charge in [0.2, 0.25) is 19.1 Å². The SMILES string of the molecule is CCC(CC)(c1ccc(C#CC(OC(C)=O)C(C)(C(F)(F)F)C(F)(F)F)c(C)c1)c1ccc(O[Si](C)(C)C(C)(C)C)c(C)c1.CCC(CC)(c1ccc(O)c(C)c1)c1ccc(C#CC(OC(C)=O)C(C)(C(F)(F)F)C(F)(F)F)c(C)c1. The normalized spacial score (nSPS) is 13.8. The van der Waals surface area contributed by atoms with E-state index in [9.17, 15) is 67.4 Å². The van der Waals surface area contributed by atoms with Crippen LogP contribution >= 0.6 is 0 Å². The number of phenols is 1. The van der Waals surface area contributed by atoms with Crippen LogP contribution in [0.1, 0.15) is 157 Å². The molecule has 4 aromatic carbocycles. The number of phenolic OH excluding ortho intramolecular Hbond substituents is 1. The molecule has 4 rings (SSSR count). The van der Waals surface area contributed by atoms with E-state index in [4.69, 9.17) is 4.43 Å². The molecule has 446 valence electrons. The van der Waals surface area contributed by atoms with E-state index >= 15 is 0 Å². The number of aryl methyl sites for hydroxylation is 4. The highest BCUT2D eigenvalue weighted by Crippen LogP contribution is 2.55. The summed E-state index contributed by atoms with van der Waals surface area (Å²) in [7, 11) is -2.06. The molecule has 0 saturated carbocycles. The third-order valence-corrected chi connectivity index (χ3v) is 20.6. The minimum Gasteiger partial charge on any atom is -0.543 e. The first-order valence-corrected chi connectivity index (χ1v) is 29.2. The number of esters is 2. The van der Waals surface area contributed by atoms with E-state index in [1.807, 2.05) is 56.9 Å². The lowest BCUT2D eigenvalue weighted by Gasteiger charge is -2.38. The van der Waals surface area contributed by atoms with Crippen molar-refractivity contribution < 1.29 is 81.3 Å². The Balaban J connectivity index is 0.000000432. The van der Waals surface area contributed by atoms with Gasteiger partial charge in [0.15, 0.2) is 12.2 Å². The van der Waals surface area contributed by atoms with E-state index in [0.29, 0.717) is 29.5 Å². The summed E-state index contributed by atoms with van der Waals surface area (Å²) in [6, 6.07) is 21.8. The number of halogens is 12. The first-order chi connectivity index (χ1) is 36.8. The van der Waals surface area contributed by atoms with Crippen LogP contribution in [-0.4, -0.2) is 62.3 Å². The molecule has 1 N–H and O–H groups in total. The van der Waals surface area contributed by atoms with E-state index in [0.717, 1.165) is 60.3 Å². The highest BCUT2D eigenvalue weighted by atomic mass is 28.4. The number of hydrogen-bond acceptors (Lipinski definition) is 6. The molecule has 0 amide bonds. The van der Waals surface area contributed by atoms with Crippen LogP contribution in [0.5, 0.6) is 11.5 Å². The Hall–Kier alpha value is -6.08. The van der Waals surface area contributed by atoms with Crippen LogP contribution in [0.3, 0.4) is 0 Å². The molecule has 0 saturated heterocycles. The maximum absolute atomic E-state index is 13.7. The second kappa shape index (κ2) is 25.2.